The summed E-state index contributed by atoms with van der Waals surface area (Å²) in [4.78, 5) is 27.7. The summed E-state index contributed by atoms with van der Waals surface area (Å²) in [5.41, 5.74) is 6.61. The van der Waals surface area contributed by atoms with Gasteiger partial charge in [-0.2, -0.15) is 4.98 Å². The van der Waals surface area contributed by atoms with E-state index in [4.69, 9.17) is 4.52 Å². The predicted octanol–water partition coefficient (Wildman–Crippen LogP) is 5.37. The van der Waals surface area contributed by atoms with Crippen molar-refractivity contribution in [3.05, 3.63) is 114 Å². The van der Waals surface area contributed by atoms with E-state index < -0.39 is 6.04 Å². The largest absolute Gasteiger partial charge is 0.347 e. The Morgan fingerprint density at radius 1 is 0.971 bits per heavy atom. The second kappa shape index (κ2) is 8.68. The summed E-state index contributed by atoms with van der Waals surface area (Å²) in [6.45, 7) is 2.41. The van der Waals surface area contributed by atoms with Crippen LogP contribution in [0.25, 0.3) is 22.5 Å². The Balaban J connectivity index is 1.32. The van der Waals surface area contributed by atoms with Crippen molar-refractivity contribution in [1.82, 2.24) is 25.0 Å². The molecule has 35 heavy (non-hydrogen) atoms. The number of fused-ring (bicyclic) bond motifs is 1. The van der Waals surface area contributed by atoms with Gasteiger partial charge in [0, 0.05) is 17.5 Å². The van der Waals surface area contributed by atoms with Gasteiger partial charge in [-0.25, -0.2) is 4.98 Å². The van der Waals surface area contributed by atoms with Crippen LogP contribution in [0, 0.1) is 6.92 Å². The first-order chi connectivity index (χ1) is 17.2. The zero-order valence-corrected chi connectivity index (χ0v) is 19.2. The lowest BCUT2D eigenvalue weighted by Gasteiger charge is -2.32. The molecule has 0 saturated carbocycles. The fourth-order valence-corrected chi connectivity index (χ4v) is 4.54. The third kappa shape index (κ3) is 4.01. The van der Waals surface area contributed by atoms with Crippen molar-refractivity contribution in [3.63, 3.8) is 0 Å². The van der Waals surface area contributed by atoms with Crippen LogP contribution in [0.1, 0.15) is 39.2 Å². The highest BCUT2D eigenvalue weighted by Gasteiger charge is 2.36. The van der Waals surface area contributed by atoms with Crippen LogP contribution in [0.3, 0.4) is 0 Å². The molecular formula is C28H23N5O2. The summed E-state index contributed by atoms with van der Waals surface area (Å²) in [5, 5.41) is 4.21. The van der Waals surface area contributed by atoms with E-state index in [1.54, 1.807) is 11.2 Å². The Labute approximate surface area is 202 Å². The third-order valence-corrected chi connectivity index (χ3v) is 6.40. The van der Waals surface area contributed by atoms with Crippen LogP contribution < -0.4 is 0 Å². The van der Waals surface area contributed by atoms with Gasteiger partial charge in [-0.3, -0.25) is 4.79 Å². The van der Waals surface area contributed by atoms with Gasteiger partial charge in [0.05, 0.1) is 24.3 Å². The predicted molar refractivity (Wildman–Crippen MR) is 131 cm³/mol. The zero-order valence-electron chi connectivity index (χ0n) is 19.2. The van der Waals surface area contributed by atoms with Gasteiger partial charge in [-0.05, 0) is 36.2 Å². The topological polar surface area (TPSA) is 87.9 Å². The number of aromatic amines is 1. The molecule has 1 unspecified atom stereocenters. The fourth-order valence-electron chi connectivity index (χ4n) is 4.54. The molecule has 1 aliphatic heterocycles. The number of aryl methyl sites for hydroxylation is 1. The molecule has 3 aromatic carbocycles. The smallest absolute Gasteiger partial charge is 0.254 e. The molecule has 2 aromatic heterocycles. The average molecular weight is 462 g/mol. The van der Waals surface area contributed by atoms with Crippen LogP contribution in [-0.4, -0.2) is 30.9 Å². The quantitative estimate of drug-likeness (QED) is 0.388. The van der Waals surface area contributed by atoms with Crippen LogP contribution in [0.15, 0.2) is 89.7 Å². The van der Waals surface area contributed by atoms with Crippen molar-refractivity contribution in [1.29, 1.82) is 0 Å². The minimum atomic E-state index is -0.404. The minimum absolute atomic E-state index is 0.0924. The highest BCUT2D eigenvalue weighted by atomic mass is 16.5. The first-order valence-corrected chi connectivity index (χ1v) is 11.5. The summed E-state index contributed by atoms with van der Waals surface area (Å²) >= 11 is 0. The molecule has 0 fully saturated rings. The van der Waals surface area contributed by atoms with Gasteiger partial charge in [0.25, 0.3) is 5.91 Å². The van der Waals surface area contributed by atoms with Crippen molar-refractivity contribution >= 4 is 5.91 Å². The van der Waals surface area contributed by atoms with E-state index >= 15 is 0 Å². The standard InChI is InChI=1S/C28H23N5O2/c1-18-6-5-9-22(14-18)26-31-27(35-32-26)25-15-23-24(30-17-29-23)16-33(25)28(34)21-12-10-20(11-13-21)19-7-3-2-4-8-19/h2-14,17,25H,15-16H2,1H3,(H,29,30). The van der Waals surface area contributed by atoms with E-state index in [0.29, 0.717) is 30.2 Å². The number of hydrogen-bond donors (Lipinski definition) is 1. The molecule has 3 heterocycles. The molecule has 6 rings (SSSR count). The number of H-pyrrole nitrogens is 1. The maximum Gasteiger partial charge on any atom is 0.254 e. The van der Waals surface area contributed by atoms with Crippen molar-refractivity contribution < 1.29 is 9.32 Å². The lowest BCUT2D eigenvalue weighted by Crippen LogP contribution is -2.39. The van der Waals surface area contributed by atoms with Gasteiger partial charge in [0.2, 0.25) is 11.7 Å². The molecule has 7 nitrogen and oxygen atoms in total. The third-order valence-electron chi connectivity index (χ3n) is 6.40. The number of rotatable bonds is 4. The maximum atomic E-state index is 13.7. The number of benzene rings is 3. The second-order valence-electron chi connectivity index (χ2n) is 8.75. The lowest BCUT2D eigenvalue weighted by atomic mass is 9.99. The van der Waals surface area contributed by atoms with Gasteiger partial charge < -0.3 is 14.4 Å². The number of nitrogens with zero attached hydrogens (tertiary/aromatic N) is 4. The molecule has 172 valence electrons. The van der Waals surface area contributed by atoms with Gasteiger partial charge in [0.15, 0.2) is 0 Å². The van der Waals surface area contributed by atoms with Crippen molar-refractivity contribution in [2.45, 2.75) is 25.9 Å². The molecule has 5 aromatic rings. The summed E-state index contributed by atoms with van der Waals surface area (Å²) < 4.78 is 5.69. The molecular weight excluding hydrogens is 438 g/mol. The number of carbonyl (C=O) groups is 1. The van der Waals surface area contributed by atoms with E-state index in [1.165, 1.54) is 0 Å². The zero-order chi connectivity index (χ0) is 23.8. The average Bonchev–Trinajstić information content (AvgIpc) is 3.58. The number of aromatic nitrogens is 4. The normalized spacial score (nSPS) is 15.1. The molecule has 0 radical (unpaired) electrons. The number of hydrogen-bond acceptors (Lipinski definition) is 5. The Morgan fingerprint density at radius 3 is 2.54 bits per heavy atom. The molecule has 0 aliphatic carbocycles. The Bertz CT molecular complexity index is 1490. The molecule has 0 bridgehead atoms. The molecule has 1 aliphatic rings. The van der Waals surface area contributed by atoms with E-state index in [2.05, 4.69) is 32.2 Å². The van der Waals surface area contributed by atoms with Gasteiger partial charge in [-0.15, -0.1) is 0 Å². The van der Waals surface area contributed by atoms with Crippen molar-refractivity contribution in [2.24, 2.45) is 0 Å². The molecule has 1 N–H and O–H groups in total. The summed E-state index contributed by atoms with van der Waals surface area (Å²) in [6.07, 6.45) is 2.17. The number of carbonyl (C=O) groups excluding carboxylic acids is 1. The first-order valence-electron chi connectivity index (χ1n) is 11.5. The van der Waals surface area contributed by atoms with E-state index in [9.17, 15) is 4.79 Å². The van der Waals surface area contributed by atoms with Crippen LogP contribution in [0.2, 0.25) is 0 Å². The van der Waals surface area contributed by atoms with Crippen molar-refractivity contribution in [2.75, 3.05) is 0 Å². The Morgan fingerprint density at radius 2 is 1.74 bits per heavy atom. The summed E-state index contributed by atoms with van der Waals surface area (Å²) in [7, 11) is 0. The van der Waals surface area contributed by atoms with Crippen LogP contribution >= 0.6 is 0 Å². The summed E-state index contributed by atoms with van der Waals surface area (Å²) in [5.74, 6) is 0.825. The molecule has 0 spiro atoms. The number of imidazole rings is 1. The van der Waals surface area contributed by atoms with Gasteiger partial charge in [0.1, 0.15) is 6.04 Å². The van der Waals surface area contributed by atoms with Gasteiger partial charge in [-0.1, -0.05) is 71.4 Å². The fraction of sp³-hybridized carbons (Fsp3) is 0.143. The number of nitrogens with one attached hydrogen (secondary N) is 1. The highest BCUT2D eigenvalue weighted by molar-refractivity contribution is 5.95. The van der Waals surface area contributed by atoms with Crippen molar-refractivity contribution in [3.8, 4) is 22.5 Å². The Kier molecular flexibility index (Phi) is 5.22. The SMILES string of the molecule is Cc1cccc(-c2noc(C3Cc4nc[nH]c4CN3C(=O)c3ccc(-c4ccccc4)cc3)n2)c1. The lowest BCUT2D eigenvalue weighted by molar-refractivity contribution is 0.0590. The molecule has 1 amide bonds. The summed E-state index contributed by atoms with van der Waals surface area (Å²) in [6, 6.07) is 25.3. The molecule has 7 heteroatoms. The Hall–Kier alpha value is -4.52. The van der Waals surface area contributed by atoms with Crippen LogP contribution in [-0.2, 0) is 13.0 Å². The molecule has 0 saturated heterocycles. The number of amides is 1. The second-order valence-corrected chi connectivity index (χ2v) is 8.75. The van der Waals surface area contributed by atoms with E-state index in [1.807, 2.05) is 73.7 Å². The van der Waals surface area contributed by atoms with Crippen LogP contribution in [0.4, 0.5) is 0 Å². The van der Waals surface area contributed by atoms with Gasteiger partial charge >= 0.3 is 0 Å². The van der Waals surface area contributed by atoms with E-state index in [-0.39, 0.29) is 5.91 Å². The monoisotopic (exact) mass is 461 g/mol. The molecule has 1 atom stereocenters. The first kappa shape index (κ1) is 21.0. The van der Waals surface area contributed by atoms with E-state index in [0.717, 1.165) is 33.6 Å². The van der Waals surface area contributed by atoms with Crippen LogP contribution in [0.5, 0.6) is 0 Å². The highest BCUT2D eigenvalue weighted by Crippen LogP contribution is 2.33. The minimum Gasteiger partial charge on any atom is -0.347 e. The maximum absolute atomic E-state index is 13.7.